The third-order valence-electron chi connectivity index (χ3n) is 3.97. The van der Waals surface area contributed by atoms with Gasteiger partial charge in [-0.05, 0) is 44.9 Å². The summed E-state index contributed by atoms with van der Waals surface area (Å²) in [5, 5.41) is 0. The minimum absolute atomic E-state index is 0.0339. The van der Waals surface area contributed by atoms with Crippen LogP contribution in [-0.4, -0.2) is 42.1 Å². The summed E-state index contributed by atoms with van der Waals surface area (Å²) < 4.78 is 11.2. The first-order valence-corrected chi connectivity index (χ1v) is 8.45. The van der Waals surface area contributed by atoms with Crippen molar-refractivity contribution in [1.29, 1.82) is 0 Å². The first-order chi connectivity index (χ1) is 11.1. The number of nitrogens with zero attached hydrogens (tertiary/aromatic N) is 1. The zero-order valence-electron chi connectivity index (χ0n) is 13.7. The molecule has 126 valence electrons. The van der Waals surface area contributed by atoms with Crippen LogP contribution in [0.4, 0.5) is 0 Å². The Morgan fingerprint density at radius 1 is 1.22 bits per heavy atom. The SMILES string of the molecule is CCOc1ccc(C(=S)N2CCC(C(N)=O)CC2)cc1OCC. The second kappa shape index (κ2) is 8.15. The third-order valence-corrected chi connectivity index (χ3v) is 4.47. The van der Waals surface area contributed by atoms with Crippen LogP contribution in [0.3, 0.4) is 0 Å². The van der Waals surface area contributed by atoms with E-state index in [4.69, 9.17) is 27.4 Å². The Labute approximate surface area is 142 Å². The van der Waals surface area contributed by atoms with Crippen LogP contribution in [0.25, 0.3) is 0 Å². The van der Waals surface area contributed by atoms with Crippen molar-refractivity contribution in [1.82, 2.24) is 4.90 Å². The number of carbonyl (C=O) groups is 1. The van der Waals surface area contributed by atoms with Gasteiger partial charge in [-0.3, -0.25) is 4.79 Å². The van der Waals surface area contributed by atoms with E-state index in [1.54, 1.807) is 0 Å². The number of piperidine rings is 1. The van der Waals surface area contributed by atoms with Crippen LogP contribution < -0.4 is 15.2 Å². The van der Waals surface area contributed by atoms with Crippen molar-refractivity contribution in [2.75, 3.05) is 26.3 Å². The number of carbonyl (C=O) groups excluding carboxylic acids is 1. The zero-order chi connectivity index (χ0) is 16.8. The lowest BCUT2D eigenvalue weighted by Crippen LogP contribution is -2.41. The van der Waals surface area contributed by atoms with Crippen LogP contribution in [0.1, 0.15) is 32.3 Å². The van der Waals surface area contributed by atoms with Crippen LogP contribution in [-0.2, 0) is 4.79 Å². The number of hydrogen-bond donors (Lipinski definition) is 1. The van der Waals surface area contributed by atoms with Crippen LogP contribution in [0.15, 0.2) is 18.2 Å². The number of likely N-dealkylation sites (tertiary alicyclic amines) is 1. The van der Waals surface area contributed by atoms with E-state index in [1.807, 2.05) is 32.0 Å². The van der Waals surface area contributed by atoms with E-state index in [0.717, 1.165) is 42.2 Å². The van der Waals surface area contributed by atoms with Crippen molar-refractivity contribution in [3.8, 4) is 11.5 Å². The predicted molar refractivity (Wildman–Crippen MR) is 94.0 cm³/mol. The first kappa shape index (κ1) is 17.5. The maximum atomic E-state index is 11.3. The van der Waals surface area contributed by atoms with Crippen molar-refractivity contribution < 1.29 is 14.3 Å². The highest BCUT2D eigenvalue weighted by molar-refractivity contribution is 7.80. The highest BCUT2D eigenvalue weighted by Crippen LogP contribution is 2.30. The fourth-order valence-electron chi connectivity index (χ4n) is 2.73. The van der Waals surface area contributed by atoms with Crippen LogP contribution in [0, 0.1) is 5.92 Å². The molecule has 0 bridgehead atoms. The molecule has 23 heavy (non-hydrogen) atoms. The second-order valence-electron chi connectivity index (χ2n) is 5.50. The van der Waals surface area contributed by atoms with Gasteiger partial charge in [0.25, 0.3) is 0 Å². The monoisotopic (exact) mass is 336 g/mol. The summed E-state index contributed by atoms with van der Waals surface area (Å²) in [5.74, 6) is 1.19. The molecule has 1 aliphatic heterocycles. The van der Waals surface area contributed by atoms with Crippen LogP contribution in [0.5, 0.6) is 11.5 Å². The van der Waals surface area contributed by atoms with E-state index in [-0.39, 0.29) is 11.8 Å². The van der Waals surface area contributed by atoms with E-state index in [0.29, 0.717) is 19.0 Å². The van der Waals surface area contributed by atoms with E-state index in [2.05, 4.69) is 4.90 Å². The first-order valence-electron chi connectivity index (χ1n) is 8.05. The number of hydrogen-bond acceptors (Lipinski definition) is 4. The predicted octanol–water partition coefficient (Wildman–Crippen LogP) is 2.36. The molecule has 2 rings (SSSR count). The van der Waals surface area contributed by atoms with Crippen molar-refractivity contribution in [2.45, 2.75) is 26.7 Å². The Hall–Kier alpha value is -1.82. The minimum Gasteiger partial charge on any atom is -0.490 e. The molecule has 1 amide bonds. The Bertz CT molecular complexity index is 569. The van der Waals surface area contributed by atoms with E-state index in [9.17, 15) is 4.79 Å². The van der Waals surface area contributed by atoms with Gasteiger partial charge < -0.3 is 20.1 Å². The largest absolute Gasteiger partial charge is 0.490 e. The zero-order valence-corrected chi connectivity index (χ0v) is 14.5. The lowest BCUT2D eigenvalue weighted by atomic mass is 9.96. The molecule has 1 aliphatic rings. The van der Waals surface area contributed by atoms with Gasteiger partial charge in [0.05, 0.1) is 13.2 Å². The molecule has 0 aliphatic carbocycles. The number of rotatable bonds is 6. The lowest BCUT2D eigenvalue weighted by Gasteiger charge is -2.32. The molecule has 0 atom stereocenters. The number of ether oxygens (including phenoxy) is 2. The van der Waals surface area contributed by atoms with Crippen molar-refractivity contribution in [3.05, 3.63) is 23.8 Å². The van der Waals surface area contributed by atoms with E-state index >= 15 is 0 Å². The van der Waals surface area contributed by atoms with Gasteiger partial charge in [0.1, 0.15) is 4.99 Å². The molecule has 0 saturated carbocycles. The molecule has 2 N–H and O–H groups in total. The normalized spacial score (nSPS) is 15.3. The number of thiocarbonyl (C=S) groups is 1. The molecule has 5 nitrogen and oxygen atoms in total. The molecule has 1 saturated heterocycles. The summed E-state index contributed by atoms with van der Waals surface area (Å²) in [7, 11) is 0. The molecule has 1 aromatic rings. The summed E-state index contributed by atoms with van der Waals surface area (Å²) in [6.07, 6.45) is 1.51. The maximum absolute atomic E-state index is 11.3. The molecule has 6 heteroatoms. The topological polar surface area (TPSA) is 64.8 Å². The summed E-state index contributed by atoms with van der Waals surface area (Å²) in [6, 6.07) is 5.78. The van der Waals surface area contributed by atoms with Gasteiger partial charge in [0.15, 0.2) is 11.5 Å². The van der Waals surface area contributed by atoms with Crippen molar-refractivity contribution in [2.24, 2.45) is 11.7 Å². The standard InChI is InChI=1S/C17H24N2O3S/c1-3-21-14-6-5-13(11-15(14)22-4-2)17(23)19-9-7-12(8-10-19)16(18)20/h5-6,11-12H,3-4,7-10H2,1-2H3,(H2,18,20). The molecule has 0 aromatic heterocycles. The lowest BCUT2D eigenvalue weighted by molar-refractivity contribution is -0.122. The average Bonchev–Trinajstić information content (AvgIpc) is 2.56. The van der Waals surface area contributed by atoms with Gasteiger partial charge in [-0.15, -0.1) is 0 Å². The molecule has 0 radical (unpaired) electrons. The van der Waals surface area contributed by atoms with Gasteiger partial charge >= 0.3 is 0 Å². The molecular weight excluding hydrogens is 312 g/mol. The van der Waals surface area contributed by atoms with Gasteiger partial charge in [-0.1, -0.05) is 12.2 Å². The quantitative estimate of drug-likeness (QED) is 0.808. The van der Waals surface area contributed by atoms with Crippen LogP contribution in [0.2, 0.25) is 0 Å². The molecule has 1 fully saturated rings. The molecule has 0 spiro atoms. The van der Waals surface area contributed by atoms with Crippen LogP contribution >= 0.6 is 12.2 Å². The Balaban J connectivity index is 2.10. The Kier molecular flexibility index (Phi) is 6.21. The summed E-state index contributed by atoms with van der Waals surface area (Å²) in [4.78, 5) is 14.2. The van der Waals surface area contributed by atoms with Gasteiger partial charge in [0.2, 0.25) is 5.91 Å². The highest BCUT2D eigenvalue weighted by atomic mass is 32.1. The fourth-order valence-corrected chi connectivity index (χ4v) is 3.04. The van der Waals surface area contributed by atoms with Gasteiger partial charge in [0, 0.05) is 24.6 Å². The molecule has 1 aromatic carbocycles. The van der Waals surface area contributed by atoms with Crippen molar-refractivity contribution >= 4 is 23.1 Å². The number of amides is 1. The highest BCUT2D eigenvalue weighted by Gasteiger charge is 2.25. The molecular formula is C17H24N2O3S. The number of benzene rings is 1. The second-order valence-corrected chi connectivity index (χ2v) is 5.88. The van der Waals surface area contributed by atoms with Gasteiger partial charge in [-0.25, -0.2) is 0 Å². The minimum atomic E-state index is -0.213. The Morgan fingerprint density at radius 3 is 2.39 bits per heavy atom. The summed E-state index contributed by atoms with van der Waals surface area (Å²) >= 11 is 5.61. The third kappa shape index (κ3) is 4.34. The average molecular weight is 336 g/mol. The maximum Gasteiger partial charge on any atom is 0.220 e. The number of primary amides is 1. The van der Waals surface area contributed by atoms with E-state index < -0.39 is 0 Å². The molecule has 0 unspecified atom stereocenters. The smallest absolute Gasteiger partial charge is 0.220 e. The fraction of sp³-hybridized carbons (Fsp3) is 0.529. The van der Waals surface area contributed by atoms with Gasteiger partial charge in [-0.2, -0.15) is 0 Å². The van der Waals surface area contributed by atoms with E-state index in [1.165, 1.54) is 0 Å². The molecule has 1 heterocycles. The summed E-state index contributed by atoms with van der Waals surface area (Å²) in [6.45, 7) is 6.55. The Morgan fingerprint density at radius 2 is 1.83 bits per heavy atom. The summed E-state index contributed by atoms with van der Waals surface area (Å²) in [5.41, 5.74) is 6.31. The van der Waals surface area contributed by atoms with Crippen molar-refractivity contribution in [3.63, 3.8) is 0 Å². The number of nitrogens with two attached hydrogens (primary N) is 1.